The molecule has 1 aliphatic rings. The number of hydrogen-bond donors (Lipinski definition) is 2. The van der Waals surface area contributed by atoms with Crippen molar-refractivity contribution in [3.05, 3.63) is 71.7 Å². The zero-order valence-corrected chi connectivity index (χ0v) is 14.6. The van der Waals surface area contributed by atoms with Gasteiger partial charge in [-0.1, -0.05) is 24.3 Å². The molecule has 0 bridgehead atoms. The second kappa shape index (κ2) is 7.90. The minimum absolute atomic E-state index is 0.187. The van der Waals surface area contributed by atoms with Gasteiger partial charge in [0, 0.05) is 19.3 Å². The lowest BCUT2D eigenvalue weighted by atomic mass is 10.1. The Morgan fingerprint density at radius 3 is 2.81 bits per heavy atom. The third-order valence-corrected chi connectivity index (χ3v) is 4.20. The van der Waals surface area contributed by atoms with E-state index in [1.54, 1.807) is 24.4 Å². The number of nitrogens with zero attached hydrogens (tertiary/aromatic N) is 2. The largest absolute Gasteiger partial charge is 0.454 e. The lowest BCUT2D eigenvalue weighted by Gasteiger charge is -2.09. The summed E-state index contributed by atoms with van der Waals surface area (Å²) >= 11 is 0. The monoisotopic (exact) mass is 366 g/mol. The van der Waals surface area contributed by atoms with Crippen molar-refractivity contribution in [2.45, 2.75) is 13.0 Å². The van der Waals surface area contributed by atoms with Gasteiger partial charge in [-0.3, -0.25) is 0 Å². The fraction of sp³-hybridized carbons (Fsp3) is 0.200. The zero-order chi connectivity index (χ0) is 18.5. The first-order valence-electron chi connectivity index (χ1n) is 8.71. The molecule has 1 aromatic heterocycles. The molecule has 0 saturated heterocycles. The second-order valence-electron chi connectivity index (χ2n) is 6.07. The molecule has 4 rings (SSSR count). The number of halogens is 1. The van der Waals surface area contributed by atoms with E-state index >= 15 is 0 Å². The van der Waals surface area contributed by atoms with Crippen LogP contribution >= 0.6 is 0 Å². The molecule has 27 heavy (non-hydrogen) atoms. The normalized spacial score (nSPS) is 12.0. The summed E-state index contributed by atoms with van der Waals surface area (Å²) in [7, 11) is 0. The van der Waals surface area contributed by atoms with Crippen LogP contribution in [0.3, 0.4) is 0 Å². The lowest BCUT2D eigenvalue weighted by molar-refractivity contribution is 0.174. The van der Waals surface area contributed by atoms with Crippen molar-refractivity contribution in [1.82, 2.24) is 9.97 Å². The van der Waals surface area contributed by atoms with Crippen molar-refractivity contribution in [1.29, 1.82) is 0 Å². The number of ether oxygens (including phenoxy) is 2. The van der Waals surface area contributed by atoms with Gasteiger partial charge in [-0.2, -0.15) is 4.98 Å². The number of aromatic nitrogens is 2. The van der Waals surface area contributed by atoms with Gasteiger partial charge in [-0.25, -0.2) is 9.37 Å². The molecular weight excluding hydrogens is 347 g/mol. The maximum atomic E-state index is 13.6. The Hall–Kier alpha value is -3.35. The lowest BCUT2D eigenvalue weighted by Crippen LogP contribution is -2.09. The van der Waals surface area contributed by atoms with Crippen molar-refractivity contribution in [3.63, 3.8) is 0 Å². The first-order chi connectivity index (χ1) is 13.3. The second-order valence-corrected chi connectivity index (χ2v) is 6.07. The van der Waals surface area contributed by atoms with E-state index in [0.717, 1.165) is 17.1 Å². The van der Waals surface area contributed by atoms with E-state index in [9.17, 15) is 4.39 Å². The molecular formula is C20H19FN4O2. The van der Waals surface area contributed by atoms with Crippen LogP contribution in [0.4, 0.5) is 16.2 Å². The maximum Gasteiger partial charge on any atom is 0.231 e. The molecule has 138 valence electrons. The highest BCUT2D eigenvalue weighted by molar-refractivity contribution is 5.46. The zero-order valence-electron chi connectivity index (χ0n) is 14.6. The van der Waals surface area contributed by atoms with E-state index < -0.39 is 0 Å². The van der Waals surface area contributed by atoms with Crippen molar-refractivity contribution in [3.8, 4) is 11.5 Å². The fourth-order valence-electron chi connectivity index (χ4n) is 2.80. The summed E-state index contributed by atoms with van der Waals surface area (Å²) in [5, 5.41) is 6.39. The van der Waals surface area contributed by atoms with Gasteiger partial charge in [0.2, 0.25) is 12.7 Å². The fourth-order valence-corrected chi connectivity index (χ4v) is 2.80. The molecule has 0 aliphatic carbocycles. The van der Waals surface area contributed by atoms with E-state index in [-0.39, 0.29) is 12.6 Å². The van der Waals surface area contributed by atoms with Crippen LogP contribution < -0.4 is 20.1 Å². The molecule has 0 atom stereocenters. The number of nitrogens with one attached hydrogen (secondary N) is 2. The summed E-state index contributed by atoms with van der Waals surface area (Å²) in [5.41, 5.74) is 1.72. The summed E-state index contributed by atoms with van der Waals surface area (Å²) < 4.78 is 24.3. The van der Waals surface area contributed by atoms with Gasteiger partial charge in [0.05, 0.1) is 0 Å². The SMILES string of the molecule is Fc1ccccc1CCNc1ccnc(NCc2ccc3c(c2)OCO3)n1. The summed E-state index contributed by atoms with van der Waals surface area (Å²) in [6, 6.07) is 14.4. The van der Waals surface area contributed by atoms with Crippen molar-refractivity contribution in [2.75, 3.05) is 24.0 Å². The highest BCUT2D eigenvalue weighted by Gasteiger charge is 2.13. The minimum atomic E-state index is -0.187. The predicted octanol–water partition coefficient (Wildman–Crippen LogP) is 3.61. The average molecular weight is 366 g/mol. The van der Waals surface area contributed by atoms with E-state index in [0.29, 0.717) is 36.8 Å². The van der Waals surface area contributed by atoms with E-state index in [1.165, 1.54) is 6.07 Å². The highest BCUT2D eigenvalue weighted by atomic mass is 19.1. The van der Waals surface area contributed by atoms with Crippen LogP contribution in [0.2, 0.25) is 0 Å². The predicted molar refractivity (Wildman–Crippen MR) is 101 cm³/mol. The van der Waals surface area contributed by atoms with Crippen molar-refractivity contribution < 1.29 is 13.9 Å². The standard InChI is InChI=1S/C20H19FN4O2/c21-16-4-2-1-3-15(16)7-9-22-19-8-10-23-20(25-19)24-12-14-5-6-17-18(11-14)27-13-26-17/h1-6,8,10-11H,7,9,12-13H2,(H2,22,23,24,25). The summed E-state index contributed by atoms with van der Waals surface area (Å²) in [6.07, 6.45) is 2.26. The first-order valence-corrected chi connectivity index (χ1v) is 8.71. The Balaban J connectivity index is 1.31. The van der Waals surface area contributed by atoms with E-state index in [1.807, 2.05) is 24.3 Å². The van der Waals surface area contributed by atoms with Crippen LogP contribution in [0, 0.1) is 5.82 Å². The van der Waals surface area contributed by atoms with Gasteiger partial charge in [0.25, 0.3) is 0 Å². The van der Waals surface area contributed by atoms with Crippen LogP contribution in [-0.4, -0.2) is 23.3 Å². The highest BCUT2D eigenvalue weighted by Crippen LogP contribution is 2.32. The molecule has 3 aromatic rings. The Morgan fingerprint density at radius 2 is 1.89 bits per heavy atom. The molecule has 2 heterocycles. The molecule has 0 radical (unpaired) electrons. The first kappa shape index (κ1) is 17.1. The molecule has 7 heteroatoms. The molecule has 2 N–H and O–H groups in total. The number of anilines is 2. The van der Waals surface area contributed by atoms with Gasteiger partial charge >= 0.3 is 0 Å². The van der Waals surface area contributed by atoms with E-state index in [2.05, 4.69) is 20.6 Å². The van der Waals surface area contributed by atoms with Crippen LogP contribution in [0.25, 0.3) is 0 Å². The van der Waals surface area contributed by atoms with Gasteiger partial charge < -0.3 is 20.1 Å². The van der Waals surface area contributed by atoms with Gasteiger partial charge in [0.1, 0.15) is 11.6 Å². The van der Waals surface area contributed by atoms with Gasteiger partial charge in [-0.05, 0) is 41.8 Å². The van der Waals surface area contributed by atoms with Crippen LogP contribution in [0.1, 0.15) is 11.1 Å². The number of fused-ring (bicyclic) bond motifs is 1. The number of hydrogen-bond acceptors (Lipinski definition) is 6. The molecule has 2 aromatic carbocycles. The molecule has 6 nitrogen and oxygen atoms in total. The van der Waals surface area contributed by atoms with Crippen molar-refractivity contribution in [2.24, 2.45) is 0 Å². The van der Waals surface area contributed by atoms with Gasteiger partial charge in [0.15, 0.2) is 11.5 Å². The number of rotatable bonds is 7. The Kier molecular flexibility index (Phi) is 5.00. The Labute approximate surface area is 156 Å². The van der Waals surface area contributed by atoms with Gasteiger partial charge in [-0.15, -0.1) is 0 Å². The number of benzene rings is 2. The van der Waals surface area contributed by atoms with Crippen LogP contribution in [0.15, 0.2) is 54.7 Å². The van der Waals surface area contributed by atoms with Crippen LogP contribution in [-0.2, 0) is 13.0 Å². The topological polar surface area (TPSA) is 68.3 Å². The quantitative estimate of drug-likeness (QED) is 0.666. The van der Waals surface area contributed by atoms with E-state index in [4.69, 9.17) is 9.47 Å². The summed E-state index contributed by atoms with van der Waals surface area (Å²) in [4.78, 5) is 8.66. The van der Waals surface area contributed by atoms with Crippen molar-refractivity contribution >= 4 is 11.8 Å². The molecule has 1 aliphatic heterocycles. The molecule has 0 unspecified atom stereocenters. The summed E-state index contributed by atoms with van der Waals surface area (Å²) in [6.45, 7) is 1.41. The third-order valence-electron chi connectivity index (χ3n) is 4.20. The smallest absolute Gasteiger partial charge is 0.231 e. The molecule has 0 spiro atoms. The molecule has 0 fully saturated rings. The minimum Gasteiger partial charge on any atom is -0.454 e. The Bertz CT molecular complexity index is 935. The molecule has 0 saturated carbocycles. The summed E-state index contributed by atoms with van der Waals surface area (Å²) in [5.74, 6) is 2.53. The average Bonchev–Trinajstić information content (AvgIpc) is 3.16. The maximum absolute atomic E-state index is 13.6. The third kappa shape index (κ3) is 4.25. The Morgan fingerprint density at radius 1 is 1.00 bits per heavy atom. The van der Waals surface area contributed by atoms with Crippen LogP contribution in [0.5, 0.6) is 11.5 Å². The molecule has 0 amide bonds.